The maximum Gasteiger partial charge on any atom is 0.472 e. The van der Waals surface area contributed by atoms with Gasteiger partial charge in [-0.2, -0.15) is 0 Å². The summed E-state index contributed by atoms with van der Waals surface area (Å²) in [6.45, 7) is 3.60. The predicted octanol–water partition coefficient (Wildman–Crippen LogP) is 19.3. The van der Waals surface area contributed by atoms with Crippen molar-refractivity contribution in [1.29, 1.82) is 0 Å². The lowest BCUT2D eigenvalue weighted by Gasteiger charge is -2.19. The molecule has 3 N–H and O–H groups in total. The topological polar surface area (TPSA) is 134 Å². The monoisotopic (exact) mass is 1080 g/mol. The Morgan fingerprint density at radius 2 is 0.724 bits per heavy atom. The normalized spacial score (nSPS) is 14.0. The van der Waals surface area contributed by atoms with Gasteiger partial charge in [0, 0.05) is 19.4 Å². The van der Waals surface area contributed by atoms with E-state index in [0.717, 1.165) is 128 Å². The van der Waals surface area contributed by atoms with Crippen LogP contribution in [0.4, 0.5) is 0 Å². The first-order valence-electron chi connectivity index (χ1n) is 30.2. The molecule has 0 bridgehead atoms. The highest BCUT2D eigenvalue weighted by atomic mass is 31.2. The number of nitrogens with two attached hydrogens (primary N) is 1. The van der Waals surface area contributed by atoms with E-state index in [1.54, 1.807) is 0 Å². The average Bonchev–Trinajstić information content (AvgIpc) is 3.41. The van der Waals surface area contributed by atoms with E-state index in [2.05, 4.69) is 148 Å². The van der Waals surface area contributed by atoms with Gasteiger partial charge >= 0.3 is 19.8 Å². The number of hydrogen-bond acceptors (Lipinski definition) is 8. The number of unbranched alkanes of at least 4 members (excludes halogenated alkanes) is 20. The summed E-state index contributed by atoms with van der Waals surface area (Å²) in [4.78, 5) is 35.1. The van der Waals surface area contributed by atoms with Crippen LogP contribution in [0.5, 0.6) is 0 Å². The third-order valence-corrected chi connectivity index (χ3v) is 13.3. The summed E-state index contributed by atoms with van der Waals surface area (Å²) < 4.78 is 33.0. The fourth-order valence-corrected chi connectivity index (χ4v) is 8.60. The largest absolute Gasteiger partial charge is 0.472 e. The Hall–Kier alpha value is -3.85. The van der Waals surface area contributed by atoms with Gasteiger partial charge in [0.2, 0.25) is 0 Å². The average molecular weight is 1080 g/mol. The van der Waals surface area contributed by atoms with Crippen molar-refractivity contribution in [3.63, 3.8) is 0 Å². The SMILES string of the molecule is CC/C=C\C/C=C\C/C=C\C/C=C\C/C=C\C/C=C\C/C=C\C/C=C\C/C=C\C/C=C\CCCCCCCCCCC(=O)OC(COC(=O)CCCCCCC/C=C\CCCCCCCCC)COP(=O)(O)OCCN. The van der Waals surface area contributed by atoms with Crippen molar-refractivity contribution in [1.82, 2.24) is 0 Å². The Balaban J connectivity index is 4.00. The van der Waals surface area contributed by atoms with E-state index in [4.69, 9.17) is 24.3 Å². The van der Waals surface area contributed by atoms with Crippen molar-refractivity contribution in [2.75, 3.05) is 26.4 Å². The molecule has 0 spiro atoms. The quantitative estimate of drug-likeness (QED) is 0.0264. The molecule has 0 aliphatic carbocycles. The number of esters is 2. The molecule has 0 rings (SSSR count). The van der Waals surface area contributed by atoms with Gasteiger partial charge in [0.05, 0.1) is 13.2 Å². The number of phosphoric ester groups is 1. The fraction of sp³-hybridized carbons (Fsp3) is 0.636. The summed E-state index contributed by atoms with van der Waals surface area (Å²) in [5, 5.41) is 0. The minimum atomic E-state index is -4.40. The van der Waals surface area contributed by atoms with Gasteiger partial charge in [-0.05, 0) is 116 Å². The summed E-state index contributed by atoms with van der Waals surface area (Å²) in [6, 6.07) is 0. The van der Waals surface area contributed by atoms with Crippen molar-refractivity contribution >= 4 is 19.8 Å². The zero-order valence-electron chi connectivity index (χ0n) is 48.2. The zero-order chi connectivity index (χ0) is 55.2. The van der Waals surface area contributed by atoms with E-state index in [0.29, 0.717) is 6.42 Å². The summed E-state index contributed by atoms with van der Waals surface area (Å²) in [5.74, 6) is -0.853. The van der Waals surface area contributed by atoms with Crippen LogP contribution in [0.2, 0.25) is 0 Å². The first-order valence-corrected chi connectivity index (χ1v) is 31.7. The van der Waals surface area contributed by atoms with E-state index in [1.165, 1.54) is 77.0 Å². The van der Waals surface area contributed by atoms with Crippen LogP contribution in [0.3, 0.4) is 0 Å². The van der Waals surface area contributed by atoms with Crippen LogP contribution < -0.4 is 5.73 Å². The summed E-state index contributed by atoms with van der Waals surface area (Å²) >= 11 is 0. The number of allylic oxidation sites excluding steroid dienone is 22. The lowest BCUT2D eigenvalue weighted by atomic mass is 10.1. The molecule has 0 aromatic heterocycles. The summed E-state index contributed by atoms with van der Waals surface area (Å²) in [6.07, 6.45) is 85.1. The van der Waals surface area contributed by atoms with Crippen LogP contribution in [-0.4, -0.2) is 49.3 Å². The summed E-state index contributed by atoms with van der Waals surface area (Å²) in [7, 11) is -4.40. The van der Waals surface area contributed by atoms with E-state index >= 15 is 0 Å². The predicted molar refractivity (Wildman–Crippen MR) is 325 cm³/mol. The first-order chi connectivity index (χ1) is 37.3. The van der Waals surface area contributed by atoms with Gasteiger partial charge in [0.25, 0.3) is 0 Å². The minimum Gasteiger partial charge on any atom is -0.462 e. The molecule has 0 saturated carbocycles. The second kappa shape index (κ2) is 60.4. The fourth-order valence-electron chi connectivity index (χ4n) is 7.83. The van der Waals surface area contributed by atoms with Gasteiger partial charge in [-0.15, -0.1) is 0 Å². The van der Waals surface area contributed by atoms with Crippen LogP contribution in [0, 0.1) is 0 Å². The number of ether oxygens (including phenoxy) is 2. The van der Waals surface area contributed by atoms with E-state index in [-0.39, 0.29) is 32.6 Å². The lowest BCUT2D eigenvalue weighted by molar-refractivity contribution is -0.161. The van der Waals surface area contributed by atoms with Crippen LogP contribution in [-0.2, 0) is 32.7 Å². The van der Waals surface area contributed by atoms with E-state index < -0.39 is 32.5 Å². The Morgan fingerprint density at radius 3 is 1.09 bits per heavy atom. The van der Waals surface area contributed by atoms with Crippen LogP contribution in [0.1, 0.15) is 239 Å². The molecule has 0 saturated heterocycles. The zero-order valence-corrected chi connectivity index (χ0v) is 49.1. The number of phosphoric acid groups is 1. The second-order valence-electron chi connectivity index (χ2n) is 19.5. The standard InChI is InChI=1S/C66H110NO8P/c1-3-5-7-9-11-13-15-17-19-21-22-23-24-25-26-27-28-29-30-31-32-33-34-35-36-37-38-39-40-41-42-43-45-47-49-51-53-55-57-59-66(69)75-64(63-74-76(70,71)73-61-60-67)62-72-65(68)58-56-54-52-50-48-46-44-20-18-16-14-12-10-8-6-4-2/h5,7,11,13,17,19-20,22-23,25-26,28-29,31-32,34-35,37-38,40-41,44,64H,3-4,6,8-10,12,14-16,18,21,24,27,30,33,36,39,42-43,45-63,67H2,1-2H3,(H,70,71)/b7-5-,13-11-,19-17-,23-22-,26-25-,29-28-,32-31-,35-34-,38-37-,41-40-,44-20-. The van der Waals surface area contributed by atoms with E-state index in [1.807, 2.05) is 0 Å². The molecule has 0 aromatic rings. The molecule has 432 valence electrons. The lowest BCUT2D eigenvalue weighted by Crippen LogP contribution is -2.29. The van der Waals surface area contributed by atoms with E-state index in [9.17, 15) is 19.0 Å². The van der Waals surface area contributed by atoms with Gasteiger partial charge in [-0.25, -0.2) is 4.57 Å². The smallest absolute Gasteiger partial charge is 0.462 e. The molecule has 2 unspecified atom stereocenters. The van der Waals surface area contributed by atoms with Crippen LogP contribution in [0.25, 0.3) is 0 Å². The van der Waals surface area contributed by atoms with Gasteiger partial charge in [0.1, 0.15) is 6.61 Å². The molecule has 0 aliphatic heterocycles. The Bertz CT molecular complexity index is 1700. The van der Waals surface area contributed by atoms with Gasteiger partial charge in [0.15, 0.2) is 6.10 Å². The van der Waals surface area contributed by atoms with Gasteiger partial charge in [-0.1, -0.05) is 244 Å². The minimum absolute atomic E-state index is 0.0450. The highest BCUT2D eigenvalue weighted by Gasteiger charge is 2.26. The summed E-state index contributed by atoms with van der Waals surface area (Å²) in [5.41, 5.74) is 5.38. The Morgan fingerprint density at radius 1 is 0.408 bits per heavy atom. The van der Waals surface area contributed by atoms with Gasteiger partial charge in [-0.3, -0.25) is 18.6 Å². The first kappa shape index (κ1) is 72.2. The van der Waals surface area contributed by atoms with Crippen LogP contribution >= 0.6 is 7.82 Å². The second-order valence-corrected chi connectivity index (χ2v) is 20.9. The molecule has 0 heterocycles. The van der Waals surface area contributed by atoms with Crippen LogP contribution in [0.15, 0.2) is 134 Å². The van der Waals surface area contributed by atoms with Crippen molar-refractivity contribution in [3.8, 4) is 0 Å². The van der Waals surface area contributed by atoms with Crippen molar-refractivity contribution in [3.05, 3.63) is 134 Å². The third-order valence-electron chi connectivity index (χ3n) is 12.3. The maximum atomic E-state index is 12.7. The van der Waals surface area contributed by atoms with Crippen molar-refractivity contribution < 1.29 is 37.6 Å². The molecule has 9 nitrogen and oxygen atoms in total. The Labute approximate surface area is 465 Å². The van der Waals surface area contributed by atoms with Crippen molar-refractivity contribution in [2.24, 2.45) is 5.73 Å². The molecule has 0 radical (unpaired) electrons. The highest BCUT2D eigenvalue weighted by molar-refractivity contribution is 7.47. The molecule has 2 atom stereocenters. The number of rotatable bonds is 55. The molecule has 0 fully saturated rings. The van der Waals surface area contributed by atoms with Crippen molar-refractivity contribution in [2.45, 2.75) is 245 Å². The molecular formula is C66H110NO8P. The molecule has 0 amide bonds. The Kier molecular flexibility index (Phi) is 57.3. The molecular weight excluding hydrogens is 966 g/mol. The number of carbonyl (C=O) groups is 2. The third kappa shape index (κ3) is 59.4. The molecule has 10 heteroatoms. The molecule has 76 heavy (non-hydrogen) atoms. The highest BCUT2D eigenvalue weighted by Crippen LogP contribution is 2.43. The van der Waals surface area contributed by atoms with Gasteiger partial charge < -0.3 is 20.1 Å². The number of carbonyl (C=O) groups excluding carboxylic acids is 2. The number of hydrogen-bond donors (Lipinski definition) is 2. The molecule has 0 aliphatic rings. The molecule has 0 aromatic carbocycles. The maximum absolute atomic E-state index is 12.7.